The Bertz CT molecular complexity index is 568. The van der Waals surface area contributed by atoms with Crippen LogP contribution in [0.1, 0.15) is 29.9 Å². The number of aromatic nitrogens is 2. The van der Waals surface area contributed by atoms with Gasteiger partial charge in [-0.2, -0.15) is 0 Å². The molecule has 0 aliphatic carbocycles. The molecule has 5 nitrogen and oxygen atoms in total. The number of pyridine rings is 1. The summed E-state index contributed by atoms with van der Waals surface area (Å²) in [6.07, 6.45) is 3.31. The quantitative estimate of drug-likeness (QED) is 0.770. The smallest absolute Gasteiger partial charge is 0.337 e. The minimum Gasteiger partial charge on any atom is -0.478 e. The van der Waals surface area contributed by atoms with Crippen molar-refractivity contribution in [1.29, 1.82) is 0 Å². The van der Waals surface area contributed by atoms with Gasteiger partial charge in [0.15, 0.2) is 0 Å². The lowest BCUT2D eigenvalue weighted by Crippen LogP contribution is -2.31. The summed E-state index contributed by atoms with van der Waals surface area (Å²) in [6.45, 7) is 3.53. The molecule has 5 heteroatoms. The van der Waals surface area contributed by atoms with E-state index in [1.54, 1.807) is 32.3 Å². The number of aromatic carboxylic acids is 1. The molecule has 0 amide bonds. The van der Waals surface area contributed by atoms with E-state index in [1.165, 1.54) is 0 Å². The highest BCUT2D eigenvalue weighted by atomic mass is 16.4. The molecule has 0 saturated carbocycles. The molecule has 94 valence electrons. The molecule has 0 unspecified atom stereocenters. The van der Waals surface area contributed by atoms with Crippen LogP contribution in [0.4, 0.5) is 0 Å². The van der Waals surface area contributed by atoms with Crippen LogP contribution in [0.2, 0.25) is 0 Å². The number of hydrogen-bond donors (Lipinski definition) is 3. The van der Waals surface area contributed by atoms with Crippen LogP contribution in [0, 0.1) is 0 Å². The molecule has 0 aromatic carbocycles. The zero-order valence-electron chi connectivity index (χ0n) is 10.3. The number of nitrogens with zero attached hydrogens (tertiary/aromatic N) is 1. The molecule has 0 bridgehead atoms. The Morgan fingerprint density at radius 3 is 2.44 bits per heavy atom. The van der Waals surface area contributed by atoms with Gasteiger partial charge < -0.3 is 15.8 Å². The Hall–Kier alpha value is -2.14. The van der Waals surface area contributed by atoms with E-state index < -0.39 is 11.5 Å². The molecule has 0 fully saturated rings. The lowest BCUT2D eigenvalue weighted by molar-refractivity contribution is 0.0694. The minimum absolute atomic E-state index is 0.203. The van der Waals surface area contributed by atoms with Crippen LogP contribution in [-0.4, -0.2) is 21.0 Å². The fraction of sp³-hybridized carbons (Fsp3) is 0.231. The Morgan fingerprint density at radius 1 is 1.39 bits per heavy atom. The van der Waals surface area contributed by atoms with Gasteiger partial charge in [-0.05, 0) is 32.0 Å². The van der Waals surface area contributed by atoms with Crippen molar-refractivity contribution in [3.63, 3.8) is 0 Å². The first-order valence-corrected chi connectivity index (χ1v) is 5.55. The van der Waals surface area contributed by atoms with Crippen LogP contribution >= 0.6 is 0 Å². The summed E-state index contributed by atoms with van der Waals surface area (Å²) in [7, 11) is 0. The van der Waals surface area contributed by atoms with Gasteiger partial charge in [0.05, 0.1) is 11.1 Å². The molecule has 0 spiro atoms. The standard InChI is InChI=1S/C13H15N3O2/c1-13(2,14)11-9(12(17)18)7-10(16-11)8-3-5-15-6-4-8/h3-7,16H,14H2,1-2H3,(H,17,18). The molecule has 4 N–H and O–H groups in total. The SMILES string of the molecule is CC(C)(N)c1[nH]c(-c2ccncc2)cc1C(=O)O. The monoisotopic (exact) mass is 245 g/mol. The molecule has 0 saturated heterocycles. The number of nitrogens with one attached hydrogen (secondary N) is 1. The number of rotatable bonds is 3. The zero-order chi connectivity index (χ0) is 13.3. The number of H-pyrrole nitrogens is 1. The highest BCUT2D eigenvalue weighted by Crippen LogP contribution is 2.27. The molecule has 2 aromatic rings. The van der Waals surface area contributed by atoms with Crippen LogP contribution in [0.15, 0.2) is 30.6 Å². The van der Waals surface area contributed by atoms with Gasteiger partial charge in [0.25, 0.3) is 0 Å². The van der Waals surface area contributed by atoms with Gasteiger partial charge in [0.1, 0.15) is 0 Å². The number of hydrogen-bond acceptors (Lipinski definition) is 3. The van der Waals surface area contributed by atoms with Crippen molar-refractivity contribution in [3.8, 4) is 11.3 Å². The van der Waals surface area contributed by atoms with Crippen LogP contribution in [0.5, 0.6) is 0 Å². The van der Waals surface area contributed by atoms with Gasteiger partial charge in [0, 0.05) is 29.3 Å². The lowest BCUT2D eigenvalue weighted by atomic mass is 9.99. The predicted octanol–water partition coefficient (Wildman–Crippen LogP) is 1.97. The van der Waals surface area contributed by atoms with Crippen LogP contribution < -0.4 is 5.73 Å². The van der Waals surface area contributed by atoms with E-state index in [4.69, 9.17) is 5.73 Å². The first-order valence-electron chi connectivity index (χ1n) is 5.55. The molecule has 2 aromatic heterocycles. The fourth-order valence-electron chi connectivity index (χ4n) is 1.82. The maximum atomic E-state index is 11.2. The number of carboxylic acid groups (broad SMARTS) is 1. The van der Waals surface area contributed by atoms with Crippen molar-refractivity contribution in [2.24, 2.45) is 5.73 Å². The second-order valence-electron chi connectivity index (χ2n) is 4.73. The lowest BCUT2D eigenvalue weighted by Gasteiger charge is -2.18. The summed E-state index contributed by atoms with van der Waals surface area (Å²) < 4.78 is 0. The van der Waals surface area contributed by atoms with E-state index in [2.05, 4.69) is 9.97 Å². The molecular formula is C13H15N3O2. The number of carbonyl (C=O) groups is 1. The van der Waals surface area contributed by atoms with E-state index in [1.807, 2.05) is 12.1 Å². The van der Waals surface area contributed by atoms with Crippen LogP contribution in [0.25, 0.3) is 11.3 Å². The Morgan fingerprint density at radius 2 is 2.00 bits per heavy atom. The molecule has 2 rings (SSSR count). The van der Waals surface area contributed by atoms with Gasteiger partial charge in [0.2, 0.25) is 0 Å². The molecule has 0 aliphatic rings. The normalized spacial score (nSPS) is 11.5. The largest absolute Gasteiger partial charge is 0.478 e. The van der Waals surface area contributed by atoms with E-state index in [0.29, 0.717) is 5.69 Å². The average molecular weight is 245 g/mol. The predicted molar refractivity (Wildman–Crippen MR) is 68.2 cm³/mol. The number of aromatic amines is 1. The summed E-state index contributed by atoms with van der Waals surface area (Å²) >= 11 is 0. The Kier molecular flexibility index (Phi) is 2.92. The van der Waals surface area contributed by atoms with E-state index in [9.17, 15) is 9.90 Å². The van der Waals surface area contributed by atoms with E-state index >= 15 is 0 Å². The number of nitrogens with two attached hydrogens (primary N) is 1. The summed E-state index contributed by atoms with van der Waals surface area (Å²) in [4.78, 5) is 18.2. The first-order chi connectivity index (χ1) is 8.39. The van der Waals surface area contributed by atoms with Crippen molar-refractivity contribution in [2.45, 2.75) is 19.4 Å². The van der Waals surface area contributed by atoms with E-state index in [-0.39, 0.29) is 5.56 Å². The summed E-state index contributed by atoms with van der Waals surface area (Å²) in [5.41, 5.74) is 7.56. The molecular weight excluding hydrogens is 230 g/mol. The third-order valence-electron chi connectivity index (χ3n) is 2.68. The van der Waals surface area contributed by atoms with Gasteiger partial charge >= 0.3 is 5.97 Å². The highest BCUT2D eigenvalue weighted by Gasteiger charge is 2.25. The van der Waals surface area contributed by atoms with Gasteiger partial charge in [-0.1, -0.05) is 0 Å². The molecule has 0 atom stereocenters. The van der Waals surface area contributed by atoms with Gasteiger partial charge in [-0.25, -0.2) is 4.79 Å². The highest BCUT2D eigenvalue weighted by molar-refractivity contribution is 5.91. The third-order valence-corrected chi connectivity index (χ3v) is 2.68. The summed E-state index contributed by atoms with van der Waals surface area (Å²) in [5.74, 6) is -0.986. The van der Waals surface area contributed by atoms with E-state index in [0.717, 1.165) is 11.3 Å². The van der Waals surface area contributed by atoms with Crippen LogP contribution in [0.3, 0.4) is 0 Å². The average Bonchev–Trinajstić information content (AvgIpc) is 2.74. The van der Waals surface area contributed by atoms with Crippen molar-refractivity contribution in [1.82, 2.24) is 9.97 Å². The topological polar surface area (TPSA) is 92.0 Å². The summed E-state index contributed by atoms with van der Waals surface area (Å²) in [5, 5.41) is 9.20. The maximum absolute atomic E-state index is 11.2. The molecule has 0 radical (unpaired) electrons. The molecule has 2 heterocycles. The van der Waals surface area contributed by atoms with Gasteiger partial charge in [-0.15, -0.1) is 0 Å². The molecule has 0 aliphatic heterocycles. The fourth-order valence-corrected chi connectivity index (χ4v) is 1.82. The molecule has 18 heavy (non-hydrogen) atoms. The van der Waals surface area contributed by atoms with Crippen molar-refractivity contribution >= 4 is 5.97 Å². The van der Waals surface area contributed by atoms with Crippen molar-refractivity contribution < 1.29 is 9.90 Å². The minimum atomic E-state index is -0.986. The van der Waals surface area contributed by atoms with Crippen molar-refractivity contribution in [3.05, 3.63) is 41.9 Å². The first kappa shape index (κ1) is 12.3. The summed E-state index contributed by atoms with van der Waals surface area (Å²) in [6, 6.07) is 5.22. The Labute approximate surface area is 105 Å². The number of carboxylic acids is 1. The second-order valence-corrected chi connectivity index (χ2v) is 4.73. The second kappa shape index (κ2) is 4.27. The third kappa shape index (κ3) is 2.26. The van der Waals surface area contributed by atoms with Crippen LogP contribution in [-0.2, 0) is 5.54 Å². The zero-order valence-corrected chi connectivity index (χ0v) is 10.3. The maximum Gasteiger partial charge on any atom is 0.337 e. The van der Waals surface area contributed by atoms with Crippen molar-refractivity contribution in [2.75, 3.05) is 0 Å². The van der Waals surface area contributed by atoms with Gasteiger partial charge in [-0.3, -0.25) is 4.98 Å². The Balaban J connectivity index is 2.57.